The Morgan fingerprint density at radius 1 is 0.731 bits per heavy atom. The monoisotopic (exact) mass is 358 g/mol. The van der Waals surface area contributed by atoms with Gasteiger partial charge >= 0.3 is 0 Å². The Kier molecular flexibility index (Phi) is 6.53. The summed E-state index contributed by atoms with van der Waals surface area (Å²) in [5.74, 6) is 0.201. The second kappa shape index (κ2) is 8.86. The molecule has 0 saturated carbocycles. The highest BCUT2D eigenvalue weighted by Gasteiger charge is 2.20. The van der Waals surface area contributed by atoms with Gasteiger partial charge in [0.2, 0.25) is 0 Å². The number of carbonyl (C=O) groups excluding carboxylic acids is 2. The van der Waals surface area contributed by atoms with Crippen LogP contribution in [0, 0.1) is 0 Å². The molecule has 6 heteroatoms. The van der Waals surface area contributed by atoms with Gasteiger partial charge in [0.25, 0.3) is 0 Å². The average molecular weight is 358 g/mol. The highest BCUT2D eigenvalue weighted by molar-refractivity contribution is 6.02. The van der Waals surface area contributed by atoms with Crippen LogP contribution in [0.3, 0.4) is 0 Å². The van der Waals surface area contributed by atoms with Crippen LogP contribution in [0.25, 0.3) is 0 Å². The van der Waals surface area contributed by atoms with E-state index in [1.54, 1.807) is 6.07 Å². The molecular formula is C20H30N4O2. The van der Waals surface area contributed by atoms with Gasteiger partial charge in [0.05, 0.1) is 13.1 Å². The van der Waals surface area contributed by atoms with Crippen LogP contribution in [0.1, 0.15) is 20.7 Å². The van der Waals surface area contributed by atoms with Gasteiger partial charge in [-0.05, 0) is 20.2 Å². The fourth-order valence-electron chi connectivity index (χ4n) is 3.47. The number of rotatable bonds is 6. The van der Waals surface area contributed by atoms with Crippen molar-refractivity contribution in [2.45, 2.75) is 0 Å². The quantitative estimate of drug-likeness (QED) is 0.692. The molecule has 2 saturated heterocycles. The van der Waals surface area contributed by atoms with Crippen molar-refractivity contribution in [2.75, 3.05) is 79.5 Å². The molecular weight excluding hydrogens is 328 g/mol. The summed E-state index contributed by atoms with van der Waals surface area (Å²) < 4.78 is 0. The van der Waals surface area contributed by atoms with E-state index in [0.29, 0.717) is 24.2 Å². The van der Waals surface area contributed by atoms with Crippen LogP contribution in [0.15, 0.2) is 24.3 Å². The van der Waals surface area contributed by atoms with Gasteiger partial charge < -0.3 is 9.80 Å². The van der Waals surface area contributed by atoms with Gasteiger partial charge in [0.1, 0.15) is 0 Å². The van der Waals surface area contributed by atoms with Gasteiger partial charge in [0, 0.05) is 63.5 Å². The van der Waals surface area contributed by atoms with Crippen LogP contribution in [-0.4, -0.2) is 111 Å². The highest BCUT2D eigenvalue weighted by atomic mass is 16.1. The van der Waals surface area contributed by atoms with Crippen LogP contribution >= 0.6 is 0 Å². The van der Waals surface area contributed by atoms with Crippen LogP contribution in [0.4, 0.5) is 0 Å². The summed E-state index contributed by atoms with van der Waals surface area (Å²) in [6.07, 6.45) is 0. The molecule has 2 heterocycles. The molecule has 26 heavy (non-hydrogen) atoms. The van der Waals surface area contributed by atoms with Gasteiger partial charge in [-0.1, -0.05) is 18.2 Å². The molecule has 3 rings (SSSR count). The van der Waals surface area contributed by atoms with Crippen LogP contribution in [-0.2, 0) is 0 Å². The van der Waals surface area contributed by atoms with Crippen molar-refractivity contribution in [3.05, 3.63) is 35.4 Å². The molecule has 0 bridgehead atoms. The lowest BCUT2D eigenvalue weighted by Crippen LogP contribution is -2.46. The van der Waals surface area contributed by atoms with Crippen LogP contribution in [0.2, 0.25) is 0 Å². The molecule has 142 valence electrons. The van der Waals surface area contributed by atoms with Gasteiger partial charge in [-0.3, -0.25) is 19.4 Å². The number of benzene rings is 1. The molecule has 2 aliphatic rings. The molecule has 2 fully saturated rings. The maximum Gasteiger partial charge on any atom is 0.176 e. The summed E-state index contributed by atoms with van der Waals surface area (Å²) >= 11 is 0. The zero-order chi connectivity index (χ0) is 18.5. The molecule has 0 atom stereocenters. The standard InChI is InChI=1S/C20H30N4O2/c1-21-6-10-23(11-7-21)15-19(25)17-4-3-5-18(14-17)20(26)16-24-12-8-22(2)9-13-24/h3-5,14H,6-13,15-16H2,1-2H3. The largest absolute Gasteiger partial charge is 0.304 e. The number of piperazine rings is 2. The number of ketones is 2. The molecule has 0 amide bonds. The Hall–Kier alpha value is -1.60. The van der Waals surface area contributed by atoms with Gasteiger partial charge in [-0.25, -0.2) is 0 Å². The number of likely N-dealkylation sites (N-methyl/N-ethyl adjacent to an activating group) is 2. The third-order valence-corrected chi connectivity index (χ3v) is 5.43. The molecule has 0 spiro atoms. The minimum absolute atomic E-state index is 0.101. The van der Waals surface area contributed by atoms with E-state index >= 15 is 0 Å². The zero-order valence-electron chi connectivity index (χ0n) is 16.0. The first kappa shape index (κ1) is 19.2. The first-order valence-electron chi connectivity index (χ1n) is 9.49. The summed E-state index contributed by atoms with van der Waals surface area (Å²) in [6, 6.07) is 7.25. The van der Waals surface area contributed by atoms with Crippen LogP contribution in [0.5, 0.6) is 0 Å². The van der Waals surface area contributed by atoms with E-state index in [4.69, 9.17) is 0 Å². The maximum absolute atomic E-state index is 12.6. The normalized spacial score (nSPS) is 21.0. The highest BCUT2D eigenvalue weighted by Crippen LogP contribution is 2.11. The minimum Gasteiger partial charge on any atom is -0.304 e. The third-order valence-electron chi connectivity index (χ3n) is 5.43. The van der Waals surface area contributed by atoms with E-state index in [9.17, 15) is 9.59 Å². The van der Waals surface area contributed by atoms with E-state index in [2.05, 4.69) is 33.7 Å². The predicted molar refractivity (Wildman–Crippen MR) is 103 cm³/mol. The summed E-state index contributed by atoms with van der Waals surface area (Å²) in [7, 11) is 4.21. The Morgan fingerprint density at radius 2 is 1.12 bits per heavy atom. The first-order chi connectivity index (χ1) is 12.5. The summed E-state index contributed by atoms with van der Waals surface area (Å²) in [4.78, 5) is 34.2. The first-order valence-corrected chi connectivity index (χ1v) is 9.49. The Morgan fingerprint density at radius 3 is 1.50 bits per heavy atom. The number of nitrogens with zero attached hydrogens (tertiary/aromatic N) is 4. The number of Topliss-reactive ketones (excluding diaryl/α,β-unsaturated/α-hetero) is 2. The second-order valence-corrected chi connectivity index (χ2v) is 7.59. The molecule has 0 aliphatic carbocycles. The average Bonchev–Trinajstić information content (AvgIpc) is 2.65. The van der Waals surface area contributed by atoms with E-state index in [0.717, 1.165) is 52.4 Å². The molecule has 0 radical (unpaired) electrons. The zero-order valence-corrected chi connectivity index (χ0v) is 16.0. The molecule has 0 N–H and O–H groups in total. The van der Waals surface area contributed by atoms with Crippen molar-refractivity contribution < 1.29 is 9.59 Å². The lowest BCUT2D eigenvalue weighted by atomic mass is 10.0. The smallest absolute Gasteiger partial charge is 0.176 e. The van der Waals surface area contributed by atoms with E-state index in [1.807, 2.05) is 18.2 Å². The Labute approximate surface area is 156 Å². The van der Waals surface area contributed by atoms with Gasteiger partial charge in [0.15, 0.2) is 11.6 Å². The van der Waals surface area contributed by atoms with E-state index in [1.165, 1.54) is 0 Å². The molecule has 6 nitrogen and oxygen atoms in total. The number of hydrogen-bond donors (Lipinski definition) is 0. The topological polar surface area (TPSA) is 47.1 Å². The van der Waals surface area contributed by atoms with Crippen molar-refractivity contribution >= 4 is 11.6 Å². The minimum atomic E-state index is 0.101. The lowest BCUT2D eigenvalue weighted by molar-refractivity contribution is 0.0876. The lowest BCUT2D eigenvalue weighted by Gasteiger charge is -2.32. The Bertz CT molecular complexity index is 581. The van der Waals surface area contributed by atoms with Crippen LogP contribution < -0.4 is 0 Å². The summed E-state index contributed by atoms with van der Waals surface area (Å²) in [6.45, 7) is 8.54. The van der Waals surface area contributed by atoms with Crippen molar-refractivity contribution in [3.8, 4) is 0 Å². The van der Waals surface area contributed by atoms with E-state index in [-0.39, 0.29) is 11.6 Å². The predicted octanol–water partition coefficient (Wildman–Crippen LogP) is 0.547. The molecule has 1 aromatic rings. The fraction of sp³-hybridized carbons (Fsp3) is 0.600. The fourth-order valence-corrected chi connectivity index (χ4v) is 3.47. The van der Waals surface area contributed by atoms with Crippen molar-refractivity contribution in [3.63, 3.8) is 0 Å². The van der Waals surface area contributed by atoms with Crippen molar-refractivity contribution in [1.29, 1.82) is 0 Å². The van der Waals surface area contributed by atoms with Crippen molar-refractivity contribution in [1.82, 2.24) is 19.6 Å². The molecule has 1 aromatic carbocycles. The molecule has 0 unspecified atom stereocenters. The molecule has 2 aliphatic heterocycles. The number of hydrogen-bond acceptors (Lipinski definition) is 6. The van der Waals surface area contributed by atoms with Gasteiger partial charge in [-0.15, -0.1) is 0 Å². The number of carbonyl (C=O) groups is 2. The maximum atomic E-state index is 12.6. The molecule has 0 aromatic heterocycles. The Balaban J connectivity index is 1.56. The second-order valence-electron chi connectivity index (χ2n) is 7.59. The summed E-state index contributed by atoms with van der Waals surface area (Å²) in [5, 5.41) is 0. The third kappa shape index (κ3) is 5.20. The van der Waals surface area contributed by atoms with Crippen molar-refractivity contribution in [2.24, 2.45) is 0 Å². The SMILES string of the molecule is CN1CCN(CC(=O)c2cccc(C(=O)CN3CCN(C)CC3)c2)CC1. The van der Waals surface area contributed by atoms with E-state index < -0.39 is 0 Å². The summed E-state index contributed by atoms with van der Waals surface area (Å²) in [5.41, 5.74) is 1.29. The van der Waals surface area contributed by atoms with Gasteiger partial charge in [-0.2, -0.15) is 0 Å².